The van der Waals surface area contributed by atoms with Crippen LogP contribution in [0.15, 0.2) is 24.3 Å². The van der Waals surface area contributed by atoms with Crippen LogP contribution in [0.25, 0.3) is 0 Å². The predicted octanol–water partition coefficient (Wildman–Crippen LogP) is 5.24. The van der Waals surface area contributed by atoms with Crippen molar-refractivity contribution in [3.63, 3.8) is 0 Å². The summed E-state index contributed by atoms with van der Waals surface area (Å²) in [6, 6.07) is 2.27. The van der Waals surface area contributed by atoms with Crippen LogP contribution < -0.4 is 10.1 Å². The molecule has 2 rings (SSSR count). The summed E-state index contributed by atoms with van der Waals surface area (Å²) in [5, 5.41) is 12.1. The quantitative estimate of drug-likeness (QED) is 0.503. The van der Waals surface area contributed by atoms with E-state index in [0.717, 1.165) is 12.1 Å². The average Bonchev–Trinajstić information content (AvgIpc) is 2.58. The summed E-state index contributed by atoms with van der Waals surface area (Å²) < 4.78 is 84.7. The Morgan fingerprint density at radius 3 is 2.19 bits per heavy atom. The minimum atomic E-state index is -4.93. The largest absolute Gasteiger partial charge is 0.449 e. The van der Waals surface area contributed by atoms with Gasteiger partial charge in [0.1, 0.15) is 5.82 Å². The highest BCUT2D eigenvalue weighted by Gasteiger charge is 2.33. The van der Waals surface area contributed by atoms with Crippen molar-refractivity contribution in [2.75, 3.05) is 17.7 Å². The maximum absolute atomic E-state index is 14.0. The minimum Gasteiger partial charge on any atom is -0.449 e. The average molecular weight is 414 g/mol. The molecule has 0 aliphatic heterocycles. The molecule has 0 aliphatic carbocycles. The number of halogens is 7. The lowest BCUT2D eigenvalue weighted by molar-refractivity contribution is -0.138. The SMILES string of the molecule is Cc1cc(Oc2c(F)cc(C(F)(F)F)cc2F)c(NCC(O)CCl)cc1F. The zero-order chi connectivity index (χ0) is 20.4. The van der Waals surface area contributed by atoms with E-state index in [1.54, 1.807) is 0 Å². The van der Waals surface area contributed by atoms with Crippen molar-refractivity contribution in [2.45, 2.75) is 19.2 Å². The molecule has 0 bridgehead atoms. The third kappa shape index (κ3) is 5.20. The standard InChI is InChI=1S/C17H14ClF6NO2/c1-8-2-15(14(5-11(8)19)25-7-10(26)6-18)27-16-12(20)3-9(4-13(16)21)17(22,23)24/h2-5,10,25-26H,6-7H2,1H3. The van der Waals surface area contributed by atoms with Crippen molar-refractivity contribution in [3.8, 4) is 11.5 Å². The van der Waals surface area contributed by atoms with Gasteiger partial charge in [-0.3, -0.25) is 0 Å². The van der Waals surface area contributed by atoms with E-state index in [9.17, 15) is 31.4 Å². The van der Waals surface area contributed by atoms with Crippen LogP contribution in [0.4, 0.5) is 32.0 Å². The highest BCUT2D eigenvalue weighted by Crippen LogP contribution is 2.38. The zero-order valence-electron chi connectivity index (χ0n) is 13.8. The number of aryl methyl sites for hydroxylation is 1. The topological polar surface area (TPSA) is 41.5 Å². The number of nitrogens with one attached hydrogen (secondary N) is 1. The summed E-state index contributed by atoms with van der Waals surface area (Å²) in [6.07, 6.45) is -5.93. The van der Waals surface area contributed by atoms with Gasteiger partial charge in [-0.15, -0.1) is 11.6 Å². The third-order valence-corrected chi connectivity index (χ3v) is 3.86. The summed E-state index contributed by atoms with van der Waals surface area (Å²) in [4.78, 5) is 0. The molecule has 10 heteroatoms. The highest BCUT2D eigenvalue weighted by atomic mass is 35.5. The highest BCUT2D eigenvalue weighted by molar-refractivity contribution is 6.18. The normalized spacial score (nSPS) is 12.8. The summed E-state index contributed by atoms with van der Waals surface area (Å²) in [6.45, 7) is 1.24. The second-order valence-electron chi connectivity index (χ2n) is 5.66. The lowest BCUT2D eigenvalue weighted by Gasteiger charge is -2.17. The van der Waals surface area contributed by atoms with Crippen LogP contribution in [-0.4, -0.2) is 23.6 Å². The van der Waals surface area contributed by atoms with Gasteiger partial charge in [-0.25, -0.2) is 13.2 Å². The van der Waals surface area contributed by atoms with Crippen molar-refractivity contribution >= 4 is 17.3 Å². The van der Waals surface area contributed by atoms with Gasteiger partial charge in [-0.1, -0.05) is 0 Å². The van der Waals surface area contributed by atoms with Crippen molar-refractivity contribution in [3.05, 3.63) is 52.8 Å². The van der Waals surface area contributed by atoms with Crippen molar-refractivity contribution < 1.29 is 36.2 Å². The van der Waals surface area contributed by atoms with Gasteiger partial charge in [0.15, 0.2) is 23.1 Å². The number of hydrogen-bond donors (Lipinski definition) is 2. The molecule has 0 fully saturated rings. The first kappa shape index (κ1) is 21.2. The van der Waals surface area contributed by atoms with Crippen LogP contribution in [0, 0.1) is 24.4 Å². The molecule has 0 saturated heterocycles. The van der Waals surface area contributed by atoms with Crippen molar-refractivity contribution in [1.29, 1.82) is 0 Å². The Labute approximate surface area is 155 Å². The van der Waals surface area contributed by atoms with E-state index >= 15 is 0 Å². The van der Waals surface area contributed by atoms with Gasteiger partial charge in [0.2, 0.25) is 0 Å². The van der Waals surface area contributed by atoms with Crippen LogP contribution in [0.2, 0.25) is 0 Å². The van der Waals surface area contributed by atoms with Gasteiger partial charge < -0.3 is 15.2 Å². The molecule has 0 spiro atoms. The Balaban J connectivity index is 2.40. The molecule has 0 aromatic heterocycles. The Hall–Kier alpha value is -2.13. The van der Waals surface area contributed by atoms with Crippen LogP contribution in [0.1, 0.15) is 11.1 Å². The predicted molar refractivity (Wildman–Crippen MR) is 87.8 cm³/mol. The molecule has 2 N–H and O–H groups in total. The molecule has 1 unspecified atom stereocenters. The molecule has 27 heavy (non-hydrogen) atoms. The summed E-state index contributed by atoms with van der Waals surface area (Å²) in [5.74, 6) is -5.26. The second-order valence-corrected chi connectivity index (χ2v) is 5.96. The fraction of sp³-hybridized carbons (Fsp3) is 0.294. The molecule has 2 aromatic rings. The van der Waals surface area contributed by atoms with E-state index in [2.05, 4.69) is 5.32 Å². The van der Waals surface area contributed by atoms with Gasteiger partial charge in [-0.05, 0) is 30.7 Å². The van der Waals surface area contributed by atoms with E-state index in [1.807, 2.05) is 0 Å². The van der Waals surface area contributed by atoms with Gasteiger partial charge >= 0.3 is 6.18 Å². The van der Waals surface area contributed by atoms with Crippen molar-refractivity contribution in [2.24, 2.45) is 0 Å². The minimum absolute atomic E-state index is 0.0686. The number of anilines is 1. The fourth-order valence-corrected chi connectivity index (χ4v) is 2.20. The maximum Gasteiger partial charge on any atom is 0.416 e. The first-order valence-corrected chi connectivity index (χ1v) is 8.08. The Morgan fingerprint density at radius 2 is 1.67 bits per heavy atom. The van der Waals surface area contributed by atoms with Gasteiger partial charge in [0.05, 0.1) is 23.2 Å². The molecular formula is C17H14ClF6NO2. The van der Waals surface area contributed by atoms with Gasteiger partial charge in [0.25, 0.3) is 0 Å². The third-order valence-electron chi connectivity index (χ3n) is 3.50. The Morgan fingerprint density at radius 1 is 1.07 bits per heavy atom. The number of rotatable bonds is 6. The molecular weight excluding hydrogens is 400 g/mol. The summed E-state index contributed by atoms with van der Waals surface area (Å²) in [7, 11) is 0. The number of hydrogen-bond acceptors (Lipinski definition) is 3. The maximum atomic E-state index is 14.0. The van der Waals surface area contributed by atoms with Gasteiger partial charge in [-0.2, -0.15) is 13.2 Å². The number of aliphatic hydroxyl groups excluding tert-OH is 1. The monoisotopic (exact) mass is 413 g/mol. The lowest BCUT2D eigenvalue weighted by atomic mass is 10.1. The second kappa shape index (κ2) is 8.26. The molecule has 148 valence electrons. The van der Waals surface area contributed by atoms with Crippen LogP contribution in [0.3, 0.4) is 0 Å². The molecule has 2 aromatic carbocycles. The zero-order valence-corrected chi connectivity index (χ0v) is 14.6. The van der Waals surface area contributed by atoms with E-state index in [1.165, 1.54) is 6.92 Å². The molecule has 0 heterocycles. The Bertz CT molecular complexity index is 805. The fourth-order valence-electron chi connectivity index (χ4n) is 2.09. The molecule has 3 nitrogen and oxygen atoms in total. The first-order chi connectivity index (χ1) is 12.5. The lowest BCUT2D eigenvalue weighted by Crippen LogP contribution is -2.21. The van der Waals surface area contributed by atoms with Crippen LogP contribution >= 0.6 is 11.6 Å². The molecule has 0 saturated carbocycles. The molecule has 0 aliphatic rings. The number of benzene rings is 2. The first-order valence-electron chi connectivity index (χ1n) is 7.55. The summed E-state index contributed by atoms with van der Waals surface area (Å²) >= 11 is 5.45. The Kier molecular flexibility index (Phi) is 6.48. The molecule has 1 atom stereocenters. The van der Waals surface area contributed by atoms with E-state index in [-0.39, 0.29) is 41.6 Å². The number of alkyl halides is 4. The summed E-state index contributed by atoms with van der Waals surface area (Å²) in [5.41, 5.74) is -1.51. The van der Waals surface area contributed by atoms with E-state index < -0.39 is 41.0 Å². The van der Waals surface area contributed by atoms with Crippen LogP contribution in [-0.2, 0) is 6.18 Å². The van der Waals surface area contributed by atoms with Gasteiger partial charge in [0, 0.05) is 12.6 Å². The van der Waals surface area contributed by atoms with E-state index in [0.29, 0.717) is 0 Å². The smallest absolute Gasteiger partial charge is 0.416 e. The van der Waals surface area contributed by atoms with Crippen molar-refractivity contribution in [1.82, 2.24) is 0 Å². The molecule has 0 amide bonds. The number of aliphatic hydroxyl groups is 1. The number of ether oxygens (including phenoxy) is 1. The molecule has 0 radical (unpaired) electrons. The van der Waals surface area contributed by atoms with E-state index in [4.69, 9.17) is 16.3 Å². The van der Waals surface area contributed by atoms with Crippen LogP contribution in [0.5, 0.6) is 11.5 Å².